The normalized spacial score (nSPS) is 12.7. The quantitative estimate of drug-likeness (QED) is 0.465. The first kappa shape index (κ1) is 15.2. The first-order valence-corrected chi connectivity index (χ1v) is 8.98. The van der Waals surface area contributed by atoms with Crippen molar-refractivity contribution in [2.24, 2.45) is 0 Å². The predicted octanol–water partition coefficient (Wildman–Crippen LogP) is 4.34. The third-order valence-corrected chi connectivity index (χ3v) is 4.91. The Morgan fingerprint density at radius 2 is 1.57 bits per heavy atom. The van der Waals surface area contributed by atoms with Crippen molar-refractivity contribution in [3.63, 3.8) is 0 Å². The fraction of sp³-hybridized carbons (Fsp3) is 0.0455. The second-order valence-electron chi connectivity index (χ2n) is 6.57. The molecule has 6 heteroatoms. The topological polar surface area (TPSA) is 61.5 Å². The number of aromatic nitrogens is 4. The lowest BCUT2D eigenvalue weighted by Crippen LogP contribution is -1.97. The molecule has 0 amide bonds. The van der Waals surface area contributed by atoms with E-state index < -0.39 is 0 Å². The highest BCUT2D eigenvalue weighted by molar-refractivity contribution is 5.87. The Kier molecular flexibility index (Phi) is 3.13. The van der Waals surface area contributed by atoms with E-state index in [1.165, 1.54) is 0 Å². The number of rotatable bonds is 2. The summed E-state index contributed by atoms with van der Waals surface area (Å²) in [5.41, 5.74) is 5.27. The molecule has 0 unspecified atom stereocenters. The zero-order valence-electron chi connectivity index (χ0n) is 14.7. The van der Waals surface area contributed by atoms with Gasteiger partial charge in [-0.05, 0) is 30.3 Å². The average molecular weight is 366 g/mol. The molecule has 0 saturated carbocycles. The highest BCUT2D eigenvalue weighted by Crippen LogP contribution is 2.36. The van der Waals surface area contributed by atoms with Gasteiger partial charge in [0.15, 0.2) is 23.0 Å². The zero-order chi connectivity index (χ0) is 18.5. The van der Waals surface area contributed by atoms with Gasteiger partial charge in [0.05, 0.1) is 11.0 Å². The zero-order valence-corrected chi connectivity index (χ0v) is 14.7. The molecule has 134 valence electrons. The van der Waals surface area contributed by atoms with E-state index in [1.54, 1.807) is 0 Å². The van der Waals surface area contributed by atoms with Gasteiger partial charge >= 0.3 is 0 Å². The SMILES string of the molecule is c1ccc(-c2nc3ccccc3n3c(-c4ccc5c(c4)OCO5)nnc23)cc1. The maximum Gasteiger partial charge on any atom is 0.231 e. The number of para-hydroxylation sites is 2. The smallest absolute Gasteiger partial charge is 0.231 e. The fourth-order valence-electron chi connectivity index (χ4n) is 3.60. The van der Waals surface area contributed by atoms with Gasteiger partial charge in [-0.25, -0.2) is 4.98 Å². The molecule has 3 heterocycles. The van der Waals surface area contributed by atoms with Crippen LogP contribution in [0.25, 0.3) is 39.3 Å². The number of nitrogens with zero attached hydrogens (tertiary/aromatic N) is 4. The molecule has 0 radical (unpaired) electrons. The van der Waals surface area contributed by atoms with Crippen LogP contribution in [0.1, 0.15) is 0 Å². The summed E-state index contributed by atoms with van der Waals surface area (Å²) in [7, 11) is 0. The minimum Gasteiger partial charge on any atom is -0.454 e. The summed E-state index contributed by atoms with van der Waals surface area (Å²) >= 11 is 0. The van der Waals surface area contributed by atoms with Gasteiger partial charge in [-0.1, -0.05) is 42.5 Å². The van der Waals surface area contributed by atoms with Crippen LogP contribution in [0.2, 0.25) is 0 Å². The highest BCUT2D eigenvalue weighted by Gasteiger charge is 2.20. The van der Waals surface area contributed by atoms with E-state index in [9.17, 15) is 0 Å². The maximum atomic E-state index is 5.54. The molecule has 1 aliphatic rings. The van der Waals surface area contributed by atoms with Gasteiger partial charge in [-0.2, -0.15) is 0 Å². The van der Waals surface area contributed by atoms with E-state index in [0.717, 1.165) is 50.8 Å². The molecule has 5 aromatic rings. The third-order valence-electron chi connectivity index (χ3n) is 4.91. The lowest BCUT2D eigenvalue weighted by Gasteiger charge is -2.09. The molecule has 0 N–H and O–H groups in total. The Bertz CT molecular complexity index is 1350. The molecule has 0 atom stereocenters. The molecule has 2 aromatic heterocycles. The van der Waals surface area contributed by atoms with Crippen LogP contribution >= 0.6 is 0 Å². The molecule has 1 aliphatic heterocycles. The summed E-state index contributed by atoms with van der Waals surface area (Å²) < 4.78 is 13.0. The molecule has 3 aromatic carbocycles. The molecule has 28 heavy (non-hydrogen) atoms. The number of fused-ring (bicyclic) bond motifs is 4. The lowest BCUT2D eigenvalue weighted by molar-refractivity contribution is 0.174. The maximum absolute atomic E-state index is 5.54. The minimum absolute atomic E-state index is 0.240. The highest BCUT2D eigenvalue weighted by atomic mass is 16.7. The van der Waals surface area contributed by atoms with Crippen LogP contribution in [0.3, 0.4) is 0 Å². The number of hydrogen-bond acceptors (Lipinski definition) is 5. The van der Waals surface area contributed by atoms with Crippen molar-refractivity contribution in [3.05, 3.63) is 72.8 Å². The lowest BCUT2D eigenvalue weighted by atomic mass is 10.1. The van der Waals surface area contributed by atoms with Crippen molar-refractivity contribution in [1.82, 2.24) is 19.6 Å². The Morgan fingerprint density at radius 1 is 0.750 bits per heavy atom. The molecule has 0 fully saturated rings. The van der Waals surface area contributed by atoms with E-state index in [2.05, 4.69) is 14.6 Å². The standard InChI is InChI=1S/C22H14N4O2/c1-2-6-14(7-3-1)20-22-25-24-21(15-10-11-18-19(12-15)28-13-27-18)26(22)17-9-5-4-8-16(17)23-20/h1-12H,13H2. The summed E-state index contributed by atoms with van der Waals surface area (Å²) in [5, 5.41) is 9.00. The monoisotopic (exact) mass is 366 g/mol. The molecular weight excluding hydrogens is 352 g/mol. The van der Waals surface area contributed by atoms with Crippen LogP contribution in [-0.4, -0.2) is 26.4 Å². The molecule has 0 bridgehead atoms. The van der Waals surface area contributed by atoms with Crippen LogP contribution in [0, 0.1) is 0 Å². The van der Waals surface area contributed by atoms with E-state index in [1.807, 2.05) is 72.8 Å². The van der Waals surface area contributed by atoms with E-state index in [4.69, 9.17) is 14.5 Å². The van der Waals surface area contributed by atoms with E-state index in [-0.39, 0.29) is 6.79 Å². The second-order valence-corrected chi connectivity index (χ2v) is 6.57. The van der Waals surface area contributed by atoms with Gasteiger partial charge in [-0.3, -0.25) is 4.40 Å². The van der Waals surface area contributed by atoms with Crippen LogP contribution in [0.5, 0.6) is 11.5 Å². The Morgan fingerprint density at radius 3 is 2.50 bits per heavy atom. The first-order valence-electron chi connectivity index (χ1n) is 8.98. The fourth-order valence-corrected chi connectivity index (χ4v) is 3.60. The van der Waals surface area contributed by atoms with Gasteiger partial charge < -0.3 is 9.47 Å². The van der Waals surface area contributed by atoms with Crippen molar-refractivity contribution >= 4 is 16.7 Å². The summed E-state index contributed by atoms with van der Waals surface area (Å²) in [6.07, 6.45) is 0. The van der Waals surface area contributed by atoms with Gasteiger partial charge in [-0.15, -0.1) is 10.2 Å². The van der Waals surface area contributed by atoms with Gasteiger partial charge in [0.1, 0.15) is 5.69 Å². The molecule has 0 aliphatic carbocycles. The third kappa shape index (κ3) is 2.18. The summed E-state index contributed by atoms with van der Waals surface area (Å²) in [6, 6.07) is 23.9. The molecular formula is C22H14N4O2. The van der Waals surface area contributed by atoms with Gasteiger partial charge in [0.25, 0.3) is 0 Å². The number of benzene rings is 3. The van der Waals surface area contributed by atoms with Crippen LogP contribution in [0.4, 0.5) is 0 Å². The van der Waals surface area contributed by atoms with E-state index >= 15 is 0 Å². The number of hydrogen-bond donors (Lipinski definition) is 0. The summed E-state index contributed by atoms with van der Waals surface area (Å²) in [6.45, 7) is 0.240. The Hall–Kier alpha value is -3.93. The predicted molar refractivity (Wildman–Crippen MR) is 105 cm³/mol. The van der Waals surface area contributed by atoms with E-state index in [0.29, 0.717) is 0 Å². The van der Waals surface area contributed by atoms with Crippen molar-refractivity contribution in [3.8, 4) is 34.1 Å². The van der Waals surface area contributed by atoms with Crippen LogP contribution in [0.15, 0.2) is 72.8 Å². The number of ether oxygens (including phenoxy) is 2. The average Bonchev–Trinajstić information content (AvgIpc) is 3.40. The largest absolute Gasteiger partial charge is 0.454 e. The van der Waals surface area contributed by atoms with Crippen LogP contribution in [-0.2, 0) is 0 Å². The molecule has 0 spiro atoms. The molecule has 0 saturated heterocycles. The van der Waals surface area contributed by atoms with Crippen molar-refractivity contribution in [2.75, 3.05) is 6.79 Å². The van der Waals surface area contributed by atoms with Gasteiger partial charge in [0.2, 0.25) is 6.79 Å². The molecule has 6 nitrogen and oxygen atoms in total. The summed E-state index contributed by atoms with van der Waals surface area (Å²) in [4.78, 5) is 4.87. The molecule has 6 rings (SSSR count). The second kappa shape index (κ2) is 5.79. The van der Waals surface area contributed by atoms with Gasteiger partial charge in [0, 0.05) is 11.1 Å². The van der Waals surface area contributed by atoms with Crippen molar-refractivity contribution < 1.29 is 9.47 Å². The van der Waals surface area contributed by atoms with Crippen LogP contribution < -0.4 is 9.47 Å². The van der Waals surface area contributed by atoms with Crippen molar-refractivity contribution in [1.29, 1.82) is 0 Å². The Balaban J connectivity index is 1.69. The summed E-state index contributed by atoms with van der Waals surface area (Å²) in [5.74, 6) is 2.20. The first-order chi connectivity index (χ1) is 13.9. The Labute approximate surface area is 160 Å². The van der Waals surface area contributed by atoms with Crippen molar-refractivity contribution in [2.45, 2.75) is 0 Å². The minimum atomic E-state index is 0.240.